The van der Waals surface area contributed by atoms with Crippen molar-refractivity contribution >= 4 is 74.1 Å². The van der Waals surface area contributed by atoms with Crippen LogP contribution in [0, 0.1) is 0 Å². The molecule has 1 aliphatic heterocycles. The first-order valence-corrected chi connectivity index (χ1v) is 11.7. The summed E-state index contributed by atoms with van der Waals surface area (Å²) in [5, 5.41) is 3.86. The van der Waals surface area contributed by atoms with E-state index >= 15 is 0 Å². The number of carbonyl (C=O) groups is 2. The Labute approximate surface area is 203 Å². The Morgan fingerprint density at radius 1 is 1.12 bits per heavy atom. The van der Waals surface area contributed by atoms with Crippen LogP contribution in [-0.2, 0) is 11.3 Å². The molecule has 10 heteroatoms. The van der Waals surface area contributed by atoms with Crippen molar-refractivity contribution in [3.8, 4) is 11.5 Å². The lowest BCUT2D eigenvalue weighted by Crippen LogP contribution is -2.18. The van der Waals surface area contributed by atoms with Crippen LogP contribution in [-0.4, -0.2) is 51.2 Å². The lowest BCUT2D eigenvalue weighted by Gasteiger charge is -2.13. The topological polar surface area (TPSA) is 83.0 Å². The van der Waals surface area contributed by atoms with Crippen LogP contribution in [0.3, 0.4) is 0 Å². The van der Waals surface area contributed by atoms with E-state index in [0.29, 0.717) is 15.0 Å². The van der Waals surface area contributed by atoms with Gasteiger partial charge in [0.15, 0.2) is 5.82 Å². The summed E-state index contributed by atoms with van der Waals surface area (Å²) in [7, 11) is 4.07. The molecule has 1 saturated heterocycles. The van der Waals surface area contributed by atoms with Crippen molar-refractivity contribution < 1.29 is 9.59 Å². The fraction of sp³-hybridized carbons (Fsp3) is 0.174. The number of imide groups is 1. The predicted molar refractivity (Wildman–Crippen MR) is 135 cm³/mol. The molecule has 5 rings (SSSR count). The molecule has 1 fully saturated rings. The number of nitrogens with zero attached hydrogens (tertiary/aromatic N) is 3. The summed E-state index contributed by atoms with van der Waals surface area (Å²) in [6.45, 7) is 1.61. The van der Waals surface area contributed by atoms with Gasteiger partial charge in [0, 0.05) is 24.0 Å². The summed E-state index contributed by atoms with van der Waals surface area (Å²) in [4.78, 5) is 34.0. The maximum absolute atomic E-state index is 11.9. The first-order valence-electron chi connectivity index (χ1n) is 10.2. The van der Waals surface area contributed by atoms with Gasteiger partial charge in [-0.2, -0.15) is 0 Å². The normalized spacial score (nSPS) is 15.5. The number of hydrogen-bond acceptors (Lipinski definition) is 5. The maximum atomic E-state index is 11.9. The summed E-state index contributed by atoms with van der Waals surface area (Å²) >= 11 is 13.3. The summed E-state index contributed by atoms with van der Waals surface area (Å²) in [5.74, 6) is 0.350. The van der Waals surface area contributed by atoms with Gasteiger partial charge in [-0.05, 0) is 67.8 Å². The number of benzene rings is 2. The highest BCUT2D eigenvalue weighted by Crippen LogP contribution is 2.33. The number of thioether (sulfide) groups is 1. The largest absolute Gasteiger partial charge is 0.337 e. The lowest BCUT2D eigenvalue weighted by molar-refractivity contribution is -0.115. The van der Waals surface area contributed by atoms with Gasteiger partial charge in [0.25, 0.3) is 11.1 Å². The Morgan fingerprint density at radius 2 is 1.91 bits per heavy atom. The predicted octanol–water partition coefficient (Wildman–Crippen LogP) is 5.38. The molecular weight excluding hydrogens is 481 g/mol. The minimum absolute atomic E-state index is 0.352. The molecular formula is C23H19Cl2N5O2S. The van der Waals surface area contributed by atoms with Crippen LogP contribution in [0.1, 0.15) is 5.56 Å². The second kappa shape index (κ2) is 8.53. The minimum atomic E-state index is -0.367. The molecule has 1 aliphatic rings. The smallest absolute Gasteiger partial charge is 0.290 e. The maximum Gasteiger partial charge on any atom is 0.290 e. The molecule has 0 spiro atoms. The fourth-order valence-electron chi connectivity index (χ4n) is 3.81. The van der Waals surface area contributed by atoms with Crippen LogP contribution < -0.4 is 5.32 Å². The number of rotatable bonds is 5. The highest BCUT2D eigenvalue weighted by atomic mass is 35.5. The molecule has 2 aromatic heterocycles. The highest BCUT2D eigenvalue weighted by Gasteiger charge is 2.25. The standard InChI is InChI=1S/C23H19Cl2N5O2S/c1-29(2)5-6-30-18-4-3-12(8-20-22(31)28-23(32)33-20)7-13(18)9-19(30)21-26-16-10-14(24)15(25)11-17(16)27-21/h3-4,7-11H,5-6H2,1-2H3,(H,26,27)(H,28,31,32)/b20-8+. The van der Waals surface area contributed by atoms with Crippen LogP contribution in [0.2, 0.25) is 10.0 Å². The third-order valence-electron chi connectivity index (χ3n) is 5.40. The van der Waals surface area contributed by atoms with E-state index in [1.54, 1.807) is 18.2 Å². The minimum Gasteiger partial charge on any atom is -0.337 e. The third-order valence-corrected chi connectivity index (χ3v) is 6.94. The van der Waals surface area contributed by atoms with Gasteiger partial charge in [0.2, 0.25) is 0 Å². The van der Waals surface area contributed by atoms with Crippen molar-refractivity contribution in [2.24, 2.45) is 0 Å². The molecule has 2 amide bonds. The quantitative estimate of drug-likeness (QED) is 0.360. The molecule has 0 unspecified atom stereocenters. The van der Waals surface area contributed by atoms with Crippen molar-refractivity contribution in [1.82, 2.24) is 24.8 Å². The molecule has 0 aliphatic carbocycles. The number of aromatic amines is 1. The first-order chi connectivity index (χ1) is 15.8. The molecule has 7 nitrogen and oxygen atoms in total. The zero-order valence-corrected chi connectivity index (χ0v) is 20.1. The first kappa shape index (κ1) is 22.0. The van der Waals surface area contributed by atoms with Gasteiger partial charge in [0.05, 0.1) is 31.7 Å². The van der Waals surface area contributed by atoms with Gasteiger partial charge in [-0.25, -0.2) is 4.98 Å². The van der Waals surface area contributed by atoms with Crippen LogP contribution in [0.5, 0.6) is 0 Å². The Bertz CT molecular complexity index is 1430. The number of nitrogens with one attached hydrogen (secondary N) is 2. The highest BCUT2D eigenvalue weighted by molar-refractivity contribution is 8.18. The molecule has 2 N–H and O–H groups in total. The van der Waals surface area contributed by atoms with E-state index in [4.69, 9.17) is 28.2 Å². The zero-order chi connectivity index (χ0) is 23.3. The third kappa shape index (κ3) is 4.27. The van der Waals surface area contributed by atoms with Crippen molar-refractivity contribution in [3.05, 3.63) is 56.9 Å². The van der Waals surface area contributed by atoms with E-state index in [2.05, 4.69) is 25.8 Å². The molecule has 0 bridgehead atoms. The van der Waals surface area contributed by atoms with Crippen molar-refractivity contribution in [1.29, 1.82) is 0 Å². The Morgan fingerprint density at radius 3 is 2.64 bits per heavy atom. The molecule has 0 atom stereocenters. The van der Waals surface area contributed by atoms with Gasteiger partial charge in [-0.1, -0.05) is 29.3 Å². The number of fused-ring (bicyclic) bond motifs is 2. The number of imidazole rings is 1. The number of carbonyl (C=O) groups excluding carboxylic acids is 2. The summed E-state index contributed by atoms with van der Waals surface area (Å²) in [5.41, 5.74) is 4.37. The molecule has 2 aromatic carbocycles. The SMILES string of the molecule is CN(C)CCn1c(-c2nc3cc(Cl)c(Cl)cc3[nH]2)cc2cc(/C=C3/SC(=O)NC3=O)ccc21. The van der Waals surface area contributed by atoms with E-state index in [9.17, 15) is 9.59 Å². The van der Waals surface area contributed by atoms with Crippen LogP contribution in [0.15, 0.2) is 41.3 Å². The molecule has 4 aromatic rings. The van der Waals surface area contributed by atoms with Crippen molar-refractivity contribution in [2.75, 3.05) is 20.6 Å². The Kier molecular flexibility index (Phi) is 5.70. The average Bonchev–Trinajstić information content (AvgIpc) is 3.41. The molecule has 168 valence electrons. The van der Waals surface area contributed by atoms with E-state index in [1.807, 2.05) is 32.3 Å². The zero-order valence-electron chi connectivity index (χ0n) is 17.8. The summed E-state index contributed by atoms with van der Waals surface area (Å²) in [6, 6.07) is 11.6. The summed E-state index contributed by atoms with van der Waals surface area (Å²) < 4.78 is 2.22. The summed E-state index contributed by atoms with van der Waals surface area (Å²) in [6.07, 6.45) is 1.73. The van der Waals surface area contributed by atoms with Gasteiger partial charge in [-0.3, -0.25) is 14.9 Å². The Hall–Kier alpha value is -2.78. The second-order valence-corrected chi connectivity index (χ2v) is 9.85. The number of likely N-dealkylation sites (N-methyl/N-ethyl adjacent to an activating group) is 1. The van der Waals surface area contributed by atoms with Gasteiger partial charge in [-0.15, -0.1) is 0 Å². The molecule has 0 radical (unpaired) electrons. The monoisotopic (exact) mass is 499 g/mol. The molecule has 0 saturated carbocycles. The number of halogens is 2. The molecule has 33 heavy (non-hydrogen) atoms. The average molecular weight is 500 g/mol. The van der Waals surface area contributed by atoms with E-state index in [-0.39, 0.29) is 11.1 Å². The Balaban J connectivity index is 1.62. The van der Waals surface area contributed by atoms with E-state index < -0.39 is 0 Å². The van der Waals surface area contributed by atoms with Crippen LogP contribution in [0.4, 0.5) is 4.79 Å². The second-order valence-electron chi connectivity index (χ2n) is 8.02. The van der Waals surface area contributed by atoms with E-state index in [0.717, 1.165) is 63.9 Å². The number of aromatic nitrogens is 3. The van der Waals surface area contributed by atoms with Crippen LogP contribution >= 0.6 is 35.0 Å². The van der Waals surface area contributed by atoms with Crippen molar-refractivity contribution in [3.63, 3.8) is 0 Å². The number of hydrogen-bond donors (Lipinski definition) is 2. The van der Waals surface area contributed by atoms with Crippen LogP contribution in [0.25, 0.3) is 39.5 Å². The van der Waals surface area contributed by atoms with Gasteiger partial charge < -0.3 is 14.5 Å². The van der Waals surface area contributed by atoms with Crippen molar-refractivity contribution in [2.45, 2.75) is 6.54 Å². The number of H-pyrrole nitrogens is 1. The lowest BCUT2D eigenvalue weighted by atomic mass is 10.1. The molecule has 3 heterocycles. The van der Waals surface area contributed by atoms with E-state index in [1.165, 1.54) is 0 Å². The number of amides is 2. The van der Waals surface area contributed by atoms with Gasteiger partial charge >= 0.3 is 0 Å². The van der Waals surface area contributed by atoms with Gasteiger partial charge in [0.1, 0.15) is 0 Å². The fourth-order valence-corrected chi connectivity index (χ4v) is 4.82.